The highest BCUT2D eigenvalue weighted by molar-refractivity contribution is 6.24. The van der Waals surface area contributed by atoms with Crippen LogP contribution in [0.5, 0.6) is 0 Å². The third-order valence-corrected chi connectivity index (χ3v) is 4.82. The molecule has 0 bridgehead atoms. The predicted molar refractivity (Wildman–Crippen MR) is 95.2 cm³/mol. The molecule has 0 radical (unpaired) electrons. The second-order valence-corrected chi connectivity index (χ2v) is 6.77. The summed E-state index contributed by atoms with van der Waals surface area (Å²) in [4.78, 5) is 39.3. The van der Waals surface area contributed by atoms with Gasteiger partial charge in [0.15, 0.2) is 11.6 Å². The first-order valence-corrected chi connectivity index (χ1v) is 9.18. The van der Waals surface area contributed by atoms with Crippen LogP contribution in [0, 0.1) is 0 Å². The Hall–Kier alpha value is -2.77. The number of aliphatic hydroxyl groups excluding tert-OH is 1. The van der Waals surface area contributed by atoms with Gasteiger partial charge in [0.1, 0.15) is 11.5 Å². The van der Waals surface area contributed by atoms with E-state index in [1.807, 2.05) is 0 Å². The first-order chi connectivity index (χ1) is 13.0. The summed E-state index contributed by atoms with van der Waals surface area (Å²) in [6.45, 7) is 0.0695. The number of aliphatic imine (C=N–C) groups is 1. The molecule has 2 aliphatic carbocycles. The number of carboxylic acids is 1. The highest BCUT2D eigenvalue weighted by Crippen LogP contribution is 2.27. The van der Waals surface area contributed by atoms with Crippen molar-refractivity contribution in [2.75, 3.05) is 6.54 Å². The summed E-state index contributed by atoms with van der Waals surface area (Å²) in [5.41, 5.74) is 1.68. The number of fused-ring (bicyclic) bond motifs is 1. The maximum atomic E-state index is 12.3. The summed E-state index contributed by atoms with van der Waals surface area (Å²) < 4.78 is 5.24. The molecule has 2 aliphatic rings. The lowest BCUT2D eigenvalue weighted by Gasteiger charge is -2.18. The Morgan fingerprint density at radius 3 is 2.56 bits per heavy atom. The lowest BCUT2D eigenvalue weighted by Crippen LogP contribution is -2.22. The number of aliphatic carboxylic acids is 1. The SMILES string of the molecule is O=C(O)CCN=C1CCCC(=O)C1=C(O)CCc1noc2c1C(=O)CCC2. The van der Waals surface area contributed by atoms with Gasteiger partial charge in [-0.1, -0.05) is 5.16 Å². The van der Waals surface area contributed by atoms with Crippen molar-refractivity contribution in [3.63, 3.8) is 0 Å². The van der Waals surface area contributed by atoms with Crippen LogP contribution in [-0.2, 0) is 22.4 Å². The number of aliphatic hydroxyl groups is 1. The third kappa shape index (κ3) is 4.32. The van der Waals surface area contributed by atoms with E-state index in [1.165, 1.54) is 0 Å². The number of carbonyl (C=O) groups is 3. The molecule has 0 amide bonds. The van der Waals surface area contributed by atoms with Crippen molar-refractivity contribution >= 4 is 23.2 Å². The Morgan fingerprint density at radius 2 is 1.78 bits per heavy atom. The van der Waals surface area contributed by atoms with Crippen molar-refractivity contribution in [2.45, 2.75) is 57.8 Å². The van der Waals surface area contributed by atoms with Crippen LogP contribution in [0.1, 0.15) is 66.8 Å². The van der Waals surface area contributed by atoms with Crippen molar-refractivity contribution in [2.24, 2.45) is 4.99 Å². The monoisotopic (exact) mass is 374 g/mol. The van der Waals surface area contributed by atoms with E-state index in [-0.39, 0.29) is 48.7 Å². The maximum Gasteiger partial charge on any atom is 0.305 e. The zero-order valence-corrected chi connectivity index (χ0v) is 15.0. The largest absolute Gasteiger partial charge is 0.511 e. The van der Waals surface area contributed by atoms with Gasteiger partial charge in [-0.3, -0.25) is 19.4 Å². The van der Waals surface area contributed by atoms with E-state index in [0.29, 0.717) is 54.8 Å². The molecule has 0 spiro atoms. The average molecular weight is 374 g/mol. The van der Waals surface area contributed by atoms with E-state index in [9.17, 15) is 19.5 Å². The predicted octanol–water partition coefficient (Wildman–Crippen LogP) is 2.61. The van der Waals surface area contributed by atoms with Gasteiger partial charge in [0.05, 0.1) is 23.3 Å². The second kappa shape index (κ2) is 8.28. The zero-order chi connectivity index (χ0) is 19.4. The first-order valence-electron chi connectivity index (χ1n) is 9.18. The quantitative estimate of drug-likeness (QED) is 0.578. The van der Waals surface area contributed by atoms with E-state index in [0.717, 1.165) is 6.42 Å². The van der Waals surface area contributed by atoms with Crippen LogP contribution < -0.4 is 0 Å². The van der Waals surface area contributed by atoms with Crippen molar-refractivity contribution in [3.05, 3.63) is 28.3 Å². The molecule has 1 aromatic rings. The lowest BCUT2D eigenvalue weighted by atomic mass is 9.89. The van der Waals surface area contributed by atoms with Gasteiger partial charge in [-0.15, -0.1) is 0 Å². The molecular weight excluding hydrogens is 352 g/mol. The topological polar surface area (TPSA) is 130 Å². The van der Waals surface area contributed by atoms with Gasteiger partial charge < -0.3 is 14.7 Å². The normalized spacial score (nSPS) is 20.7. The molecule has 1 heterocycles. The third-order valence-electron chi connectivity index (χ3n) is 4.82. The summed E-state index contributed by atoms with van der Waals surface area (Å²) >= 11 is 0. The number of ketones is 2. The smallest absolute Gasteiger partial charge is 0.305 e. The number of hydrogen-bond acceptors (Lipinski definition) is 7. The van der Waals surface area contributed by atoms with Gasteiger partial charge in [0.25, 0.3) is 0 Å². The Morgan fingerprint density at radius 1 is 1.04 bits per heavy atom. The van der Waals surface area contributed by atoms with E-state index in [2.05, 4.69) is 10.1 Å². The summed E-state index contributed by atoms with van der Waals surface area (Å²) in [5, 5.41) is 23.2. The van der Waals surface area contributed by atoms with Gasteiger partial charge in [0.2, 0.25) is 0 Å². The maximum absolute atomic E-state index is 12.3. The number of aryl methyl sites for hydroxylation is 2. The Bertz CT molecular complexity index is 833. The van der Waals surface area contributed by atoms with Crippen molar-refractivity contribution < 1.29 is 29.1 Å². The molecule has 8 nitrogen and oxygen atoms in total. The van der Waals surface area contributed by atoms with Crippen LogP contribution in [0.4, 0.5) is 0 Å². The van der Waals surface area contributed by atoms with Gasteiger partial charge in [-0.2, -0.15) is 0 Å². The summed E-state index contributed by atoms with van der Waals surface area (Å²) in [7, 11) is 0. The molecular formula is C19H22N2O6. The first kappa shape index (κ1) is 19.0. The molecule has 0 unspecified atom stereocenters. The van der Waals surface area contributed by atoms with E-state index in [4.69, 9.17) is 9.63 Å². The van der Waals surface area contributed by atoms with Gasteiger partial charge >= 0.3 is 5.97 Å². The molecule has 144 valence electrons. The van der Waals surface area contributed by atoms with E-state index < -0.39 is 5.97 Å². The lowest BCUT2D eigenvalue weighted by molar-refractivity contribution is -0.136. The van der Waals surface area contributed by atoms with E-state index >= 15 is 0 Å². The summed E-state index contributed by atoms with van der Waals surface area (Å²) in [5.74, 6) is -0.640. The standard InChI is InChI=1S/C19H22N2O6/c22-13-4-1-3-11(20-10-9-17(25)26)18(13)15(24)8-7-12-19-14(23)5-2-6-16(19)27-21-12/h24H,1-10H2,(H,25,26). The van der Waals surface area contributed by atoms with Gasteiger partial charge in [-0.25, -0.2) is 0 Å². The molecule has 0 atom stereocenters. The summed E-state index contributed by atoms with van der Waals surface area (Å²) in [6.07, 6.45) is 3.69. The van der Waals surface area contributed by atoms with Crippen LogP contribution in [0.2, 0.25) is 0 Å². The number of rotatable bonds is 6. The van der Waals surface area contributed by atoms with Crippen LogP contribution in [-0.4, -0.2) is 45.2 Å². The number of nitrogens with zero attached hydrogens (tertiary/aromatic N) is 2. The Kier molecular flexibility index (Phi) is 5.83. The van der Waals surface area contributed by atoms with Crippen molar-refractivity contribution in [1.82, 2.24) is 5.16 Å². The highest BCUT2D eigenvalue weighted by atomic mass is 16.5. The van der Waals surface area contributed by atoms with Gasteiger partial charge in [-0.05, 0) is 19.3 Å². The Balaban J connectivity index is 1.77. The second-order valence-electron chi connectivity index (χ2n) is 6.77. The molecule has 0 aromatic carbocycles. The van der Waals surface area contributed by atoms with Crippen molar-refractivity contribution in [1.29, 1.82) is 0 Å². The molecule has 0 saturated heterocycles. The fourth-order valence-corrected chi connectivity index (χ4v) is 3.52. The fourth-order valence-electron chi connectivity index (χ4n) is 3.52. The number of Topliss-reactive ketones (excluding diaryl/α,β-unsaturated/α-hetero) is 2. The zero-order valence-electron chi connectivity index (χ0n) is 15.0. The molecule has 1 fully saturated rings. The van der Waals surface area contributed by atoms with E-state index in [1.54, 1.807) is 0 Å². The number of carbonyl (C=O) groups excluding carboxylic acids is 2. The average Bonchev–Trinajstić information content (AvgIpc) is 3.04. The van der Waals surface area contributed by atoms with Crippen LogP contribution >= 0.6 is 0 Å². The van der Waals surface area contributed by atoms with Crippen LogP contribution in [0.25, 0.3) is 0 Å². The molecule has 27 heavy (non-hydrogen) atoms. The van der Waals surface area contributed by atoms with Crippen LogP contribution in [0.15, 0.2) is 20.8 Å². The summed E-state index contributed by atoms with van der Waals surface area (Å²) in [6, 6.07) is 0. The number of allylic oxidation sites excluding steroid dienone is 2. The molecule has 2 N–H and O–H groups in total. The van der Waals surface area contributed by atoms with Crippen molar-refractivity contribution in [3.8, 4) is 0 Å². The number of hydrogen-bond donors (Lipinski definition) is 2. The molecule has 8 heteroatoms. The minimum Gasteiger partial charge on any atom is -0.511 e. The minimum atomic E-state index is -0.961. The van der Waals surface area contributed by atoms with Gasteiger partial charge in [0, 0.05) is 44.4 Å². The highest BCUT2D eigenvalue weighted by Gasteiger charge is 2.28. The number of carboxylic acid groups (broad SMARTS) is 1. The minimum absolute atomic E-state index is 0.00399. The molecule has 1 aromatic heterocycles. The van der Waals surface area contributed by atoms with Crippen LogP contribution in [0.3, 0.4) is 0 Å². The Labute approximate surface area is 156 Å². The number of aromatic nitrogens is 1. The molecule has 1 saturated carbocycles. The molecule has 3 rings (SSSR count). The molecule has 0 aliphatic heterocycles. The fraction of sp³-hybridized carbons (Fsp3) is 0.526.